The van der Waals surface area contributed by atoms with Crippen LogP contribution in [0.5, 0.6) is 0 Å². The molecule has 0 bridgehead atoms. The molecule has 0 spiro atoms. The van der Waals surface area contributed by atoms with E-state index in [1.807, 2.05) is 48.5 Å². The summed E-state index contributed by atoms with van der Waals surface area (Å²) in [7, 11) is -2.29. The summed E-state index contributed by atoms with van der Waals surface area (Å²) in [6.07, 6.45) is 0. The number of hydrogen-bond donors (Lipinski definition) is 2. The first-order chi connectivity index (χ1) is 11.8. The number of benzene rings is 1. The van der Waals surface area contributed by atoms with Crippen LogP contribution in [0.4, 0.5) is 4.39 Å². The quantitative estimate of drug-likeness (QED) is 0.763. The Morgan fingerprint density at radius 3 is 2.23 bits per heavy atom. The van der Waals surface area contributed by atoms with Gasteiger partial charge in [-0.15, -0.1) is 0 Å². The molecule has 146 valence electrons. The average Bonchev–Trinajstić information content (AvgIpc) is 2.72. The minimum absolute atomic E-state index is 0.234. The lowest BCUT2D eigenvalue weighted by Crippen LogP contribution is -2.41. The smallest absolute Gasteiger partial charge is 0.399 e. The van der Waals surface area contributed by atoms with Crippen LogP contribution in [0, 0.1) is 5.82 Å². The van der Waals surface area contributed by atoms with Crippen molar-refractivity contribution in [1.29, 1.82) is 0 Å². The van der Waals surface area contributed by atoms with Crippen LogP contribution < -0.4 is 10.2 Å². The summed E-state index contributed by atoms with van der Waals surface area (Å²) in [6, 6.07) is 4.06. The van der Waals surface area contributed by atoms with Gasteiger partial charge in [0.1, 0.15) is 5.82 Å². The number of aliphatic hydroxyl groups excluding tert-OH is 1. The van der Waals surface area contributed by atoms with Gasteiger partial charge in [0.2, 0.25) is 0 Å². The molecule has 1 aliphatic heterocycles. The lowest BCUT2D eigenvalue weighted by molar-refractivity contribution is 0.00578. The monoisotopic (exact) mass is 385 g/mol. The third-order valence-electron chi connectivity index (χ3n) is 4.93. The zero-order valence-corrected chi connectivity index (χ0v) is 17.4. The molecule has 1 saturated heterocycles. The molecule has 0 aliphatic carbocycles. The van der Waals surface area contributed by atoms with E-state index in [-0.39, 0.29) is 17.6 Å². The van der Waals surface area contributed by atoms with Crippen molar-refractivity contribution in [3.8, 4) is 0 Å². The molecular formula is C18H29BFNO4S. The van der Waals surface area contributed by atoms with Gasteiger partial charge in [0, 0.05) is 11.0 Å². The van der Waals surface area contributed by atoms with Crippen molar-refractivity contribution in [2.75, 3.05) is 6.61 Å². The third kappa shape index (κ3) is 4.20. The van der Waals surface area contributed by atoms with Gasteiger partial charge in [0.15, 0.2) is 0 Å². The van der Waals surface area contributed by atoms with Gasteiger partial charge in [-0.1, -0.05) is 18.2 Å². The fourth-order valence-corrected chi connectivity index (χ4v) is 3.31. The maximum atomic E-state index is 15.2. The molecule has 0 radical (unpaired) electrons. The Morgan fingerprint density at radius 2 is 1.77 bits per heavy atom. The highest BCUT2D eigenvalue weighted by Gasteiger charge is 2.52. The molecule has 2 atom stereocenters. The first-order valence-corrected chi connectivity index (χ1v) is 9.88. The molecule has 1 aromatic carbocycles. The molecule has 2 rings (SSSR count). The van der Waals surface area contributed by atoms with Gasteiger partial charge in [0.25, 0.3) is 0 Å². The number of nitrogens with one attached hydrogen (secondary N) is 1. The van der Waals surface area contributed by atoms with Crippen LogP contribution in [0.15, 0.2) is 18.2 Å². The largest absolute Gasteiger partial charge is 0.497 e. The topological polar surface area (TPSA) is 67.8 Å². The number of rotatable bonds is 5. The zero-order chi connectivity index (χ0) is 19.9. The van der Waals surface area contributed by atoms with Gasteiger partial charge in [-0.05, 0) is 48.5 Å². The highest BCUT2D eigenvalue weighted by Crippen LogP contribution is 2.37. The van der Waals surface area contributed by atoms with Gasteiger partial charge >= 0.3 is 7.12 Å². The van der Waals surface area contributed by atoms with Crippen LogP contribution in [-0.4, -0.2) is 39.0 Å². The van der Waals surface area contributed by atoms with Crippen LogP contribution in [0.3, 0.4) is 0 Å². The maximum Gasteiger partial charge on any atom is 0.497 e. The van der Waals surface area contributed by atoms with Crippen molar-refractivity contribution in [2.45, 2.75) is 70.5 Å². The fourth-order valence-electron chi connectivity index (χ4n) is 2.49. The number of hydrogen-bond acceptors (Lipinski definition) is 4. The maximum absolute atomic E-state index is 15.2. The van der Waals surface area contributed by atoms with E-state index in [4.69, 9.17) is 9.31 Å². The molecule has 0 aromatic heterocycles. The van der Waals surface area contributed by atoms with Crippen molar-refractivity contribution in [2.24, 2.45) is 0 Å². The Balaban J connectivity index is 2.33. The van der Waals surface area contributed by atoms with Gasteiger partial charge < -0.3 is 14.4 Å². The summed E-state index contributed by atoms with van der Waals surface area (Å²) in [4.78, 5) is 0. The molecule has 0 amide bonds. The molecular weight excluding hydrogens is 356 g/mol. The molecule has 26 heavy (non-hydrogen) atoms. The Morgan fingerprint density at radius 1 is 1.23 bits per heavy atom. The molecule has 1 aliphatic rings. The highest BCUT2D eigenvalue weighted by atomic mass is 32.2. The first kappa shape index (κ1) is 21.5. The van der Waals surface area contributed by atoms with Gasteiger partial charge in [-0.3, -0.25) is 0 Å². The molecule has 8 heteroatoms. The number of halogens is 1. The molecule has 2 N–H and O–H groups in total. The Hall–Kier alpha value is -0.795. The normalized spacial score (nSPS) is 21.7. The zero-order valence-electron chi connectivity index (χ0n) is 16.6. The van der Waals surface area contributed by atoms with E-state index in [0.29, 0.717) is 0 Å². The second kappa shape index (κ2) is 7.32. The van der Waals surface area contributed by atoms with Crippen LogP contribution in [0.1, 0.15) is 60.1 Å². The summed E-state index contributed by atoms with van der Waals surface area (Å²) < 4.78 is 41.7. The lowest BCUT2D eigenvalue weighted by Gasteiger charge is -2.32. The van der Waals surface area contributed by atoms with E-state index in [9.17, 15) is 9.32 Å². The summed E-state index contributed by atoms with van der Waals surface area (Å²) >= 11 is 0. The van der Waals surface area contributed by atoms with E-state index in [1.54, 1.807) is 18.2 Å². The van der Waals surface area contributed by atoms with Crippen molar-refractivity contribution in [3.05, 3.63) is 29.6 Å². The average molecular weight is 385 g/mol. The van der Waals surface area contributed by atoms with E-state index in [1.165, 1.54) is 0 Å². The lowest BCUT2D eigenvalue weighted by atomic mass is 9.77. The SMILES string of the molecule is CC(C)(C)S(=O)NC(CO)c1cccc(B2OC(C)(C)C(C)(C)O2)c1F. The van der Waals surface area contributed by atoms with Crippen LogP contribution in [-0.2, 0) is 20.3 Å². The van der Waals surface area contributed by atoms with E-state index in [0.717, 1.165) is 0 Å². The second-order valence-electron chi connectivity index (χ2n) is 8.57. The first-order valence-electron chi connectivity index (χ1n) is 8.73. The highest BCUT2D eigenvalue weighted by molar-refractivity contribution is 7.84. The minimum Gasteiger partial charge on any atom is -0.399 e. The van der Waals surface area contributed by atoms with Crippen molar-refractivity contribution in [3.63, 3.8) is 0 Å². The molecule has 1 fully saturated rings. The fraction of sp³-hybridized carbons (Fsp3) is 0.667. The minimum atomic E-state index is -1.45. The standard InChI is InChI=1S/C18H29BFNO4S/c1-16(2,3)26(23)21-14(11-22)12-9-8-10-13(15(12)20)19-24-17(4,5)18(6,7)25-19/h8-10,14,21-22H,11H2,1-7H3. The summed E-state index contributed by atoms with van der Waals surface area (Å²) in [5.74, 6) is -0.525. The van der Waals surface area contributed by atoms with E-state index >= 15 is 4.39 Å². The van der Waals surface area contributed by atoms with Gasteiger partial charge in [-0.25, -0.2) is 13.3 Å². The van der Waals surface area contributed by atoms with Crippen LogP contribution >= 0.6 is 0 Å². The van der Waals surface area contributed by atoms with Crippen molar-refractivity contribution in [1.82, 2.24) is 4.72 Å². The Bertz CT molecular complexity index is 674. The van der Waals surface area contributed by atoms with Crippen molar-refractivity contribution < 1.29 is 23.0 Å². The van der Waals surface area contributed by atoms with E-state index in [2.05, 4.69) is 4.72 Å². The molecule has 5 nitrogen and oxygen atoms in total. The Kier molecular flexibility index (Phi) is 6.05. The van der Waals surface area contributed by atoms with Gasteiger partial charge in [0.05, 0.1) is 39.6 Å². The molecule has 2 unspecified atom stereocenters. The van der Waals surface area contributed by atoms with Crippen molar-refractivity contribution >= 4 is 23.6 Å². The summed E-state index contributed by atoms with van der Waals surface area (Å²) in [5.41, 5.74) is -0.662. The third-order valence-corrected chi connectivity index (χ3v) is 6.54. The molecule has 1 heterocycles. The Labute approximate surface area is 158 Å². The summed E-state index contributed by atoms with van der Waals surface area (Å²) in [5, 5.41) is 9.71. The second-order valence-corrected chi connectivity index (χ2v) is 10.6. The predicted octanol–water partition coefficient (Wildman–Crippen LogP) is 2.21. The van der Waals surface area contributed by atoms with Gasteiger partial charge in [-0.2, -0.15) is 0 Å². The number of aliphatic hydroxyl groups is 1. The van der Waals surface area contributed by atoms with Crippen LogP contribution in [0.2, 0.25) is 0 Å². The van der Waals surface area contributed by atoms with Crippen LogP contribution in [0.25, 0.3) is 0 Å². The summed E-state index contributed by atoms with van der Waals surface area (Å²) in [6.45, 7) is 12.6. The molecule has 0 saturated carbocycles. The molecule has 1 aromatic rings. The van der Waals surface area contributed by atoms with E-state index < -0.39 is 45.9 Å². The predicted molar refractivity (Wildman–Crippen MR) is 103 cm³/mol.